The maximum atomic E-state index is 14.3. The van der Waals surface area contributed by atoms with Crippen LogP contribution in [-0.2, 0) is 26.2 Å². The first-order chi connectivity index (χ1) is 16.7. The molecule has 0 saturated heterocycles. The summed E-state index contributed by atoms with van der Waals surface area (Å²) in [5, 5.41) is 2.96. The van der Waals surface area contributed by atoms with Gasteiger partial charge >= 0.3 is 0 Å². The zero-order valence-electron chi connectivity index (χ0n) is 22.0. The van der Waals surface area contributed by atoms with E-state index < -0.39 is 27.4 Å². The minimum absolute atomic E-state index is 0.00554. The van der Waals surface area contributed by atoms with E-state index in [1.165, 1.54) is 18.2 Å². The number of sulfonamides is 1. The number of hydrogen-bond donors (Lipinski definition) is 1. The van der Waals surface area contributed by atoms with Crippen molar-refractivity contribution >= 4 is 27.5 Å². The number of amides is 2. The van der Waals surface area contributed by atoms with Crippen molar-refractivity contribution in [3.8, 4) is 0 Å². The highest BCUT2D eigenvalue weighted by Gasteiger charge is 2.31. The summed E-state index contributed by atoms with van der Waals surface area (Å²) in [4.78, 5) is 28.1. The number of nitrogens with one attached hydrogen (secondary N) is 1. The van der Waals surface area contributed by atoms with Gasteiger partial charge in [0, 0.05) is 25.0 Å². The molecule has 2 aromatic rings. The molecule has 9 heteroatoms. The van der Waals surface area contributed by atoms with Gasteiger partial charge in [-0.15, -0.1) is 0 Å². The molecule has 2 aromatic carbocycles. The van der Waals surface area contributed by atoms with Gasteiger partial charge in [0.15, 0.2) is 0 Å². The molecule has 0 aliphatic rings. The lowest BCUT2D eigenvalue weighted by Crippen LogP contribution is -2.53. The van der Waals surface area contributed by atoms with Crippen molar-refractivity contribution in [3.05, 3.63) is 65.5 Å². The molecule has 0 heterocycles. The fourth-order valence-corrected chi connectivity index (χ4v) is 4.98. The Kier molecular flexibility index (Phi) is 10.0. The Morgan fingerprint density at radius 3 is 2.31 bits per heavy atom. The smallest absolute Gasteiger partial charge is 0.243 e. The molecular formula is C27H38FN3O4S. The third-order valence-corrected chi connectivity index (χ3v) is 6.77. The van der Waals surface area contributed by atoms with E-state index in [-0.39, 0.29) is 43.4 Å². The first-order valence-electron chi connectivity index (χ1n) is 12.1. The van der Waals surface area contributed by atoms with Gasteiger partial charge in [0.1, 0.15) is 11.9 Å². The molecule has 0 unspecified atom stereocenters. The van der Waals surface area contributed by atoms with E-state index in [4.69, 9.17) is 0 Å². The number of aryl methyl sites for hydroxylation is 1. The fraction of sp³-hybridized carbons (Fsp3) is 0.481. The molecule has 0 fully saturated rings. The lowest BCUT2D eigenvalue weighted by atomic mass is 10.0. The molecule has 7 nitrogen and oxygen atoms in total. The summed E-state index contributed by atoms with van der Waals surface area (Å²) in [5.74, 6) is -1.16. The van der Waals surface area contributed by atoms with Crippen LogP contribution < -0.4 is 9.62 Å². The van der Waals surface area contributed by atoms with Crippen molar-refractivity contribution < 1.29 is 22.4 Å². The second-order valence-corrected chi connectivity index (χ2v) is 12.0. The standard InChI is InChI=1S/C27H38FN3O4S/c1-7-23(26(33)29-27(3,4)5)30(19-21-13-10-12-20(2)18-21)25(32)16-11-17-31(36(6,34)35)24-15-9-8-14-22(24)28/h8-10,12-15,18,23H,7,11,16-17,19H2,1-6H3,(H,29,33)/t23-/m1/s1. The topological polar surface area (TPSA) is 86.8 Å². The highest BCUT2D eigenvalue weighted by Crippen LogP contribution is 2.22. The van der Waals surface area contributed by atoms with Crippen molar-refractivity contribution in [2.45, 2.75) is 72.0 Å². The van der Waals surface area contributed by atoms with Gasteiger partial charge in [-0.05, 0) is 58.2 Å². The van der Waals surface area contributed by atoms with Crippen LogP contribution in [-0.4, -0.2) is 49.5 Å². The van der Waals surface area contributed by atoms with Gasteiger partial charge in [0.2, 0.25) is 21.8 Å². The highest BCUT2D eigenvalue weighted by molar-refractivity contribution is 7.92. The maximum Gasteiger partial charge on any atom is 0.243 e. The first kappa shape index (κ1) is 29.3. The first-order valence-corrected chi connectivity index (χ1v) is 14.0. The summed E-state index contributed by atoms with van der Waals surface area (Å²) in [6.45, 7) is 9.65. The van der Waals surface area contributed by atoms with Crippen LogP contribution in [0.2, 0.25) is 0 Å². The maximum absolute atomic E-state index is 14.3. The van der Waals surface area contributed by atoms with Crippen molar-refractivity contribution in [2.24, 2.45) is 0 Å². The number of halogens is 1. The SMILES string of the molecule is CC[C@H](C(=O)NC(C)(C)C)N(Cc1cccc(C)c1)C(=O)CCCN(c1ccccc1F)S(C)(=O)=O. The zero-order valence-corrected chi connectivity index (χ0v) is 22.9. The van der Waals surface area contributed by atoms with E-state index in [0.717, 1.165) is 21.7 Å². The van der Waals surface area contributed by atoms with Gasteiger partial charge < -0.3 is 10.2 Å². The second-order valence-electron chi connectivity index (χ2n) is 10.1. The molecule has 0 radical (unpaired) electrons. The van der Waals surface area contributed by atoms with Gasteiger partial charge in [0.25, 0.3) is 0 Å². The van der Waals surface area contributed by atoms with E-state index in [2.05, 4.69) is 5.32 Å². The largest absolute Gasteiger partial charge is 0.350 e. The zero-order chi connectivity index (χ0) is 27.1. The number of anilines is 1. The van der Waals surface area contributed by atoms with E-state index >= 15 is 0 Å². The van der Waals surface area contributed by atoms with Gasteiger partial charge in [-0.25, -0.2) is 12.8 Å². The Morgan fingerprint density at radius 1 is 1.08 bits per heavy atom. The minimum atomic E-state index is -3.76. The summed E-state index contributed by atoms with van der Waals surface area (Å²) in [7, 11) is -3.76. The lowest BCUT2D eigenvalue weighted by Gasteiger charge is -2.33. The average Bonchev–Trinajstić information content (AvgIpc) is 2.75. The summed E-state index contributed by atoms with van der Waals surface area (Å²) in [5.41, 5.74) is 1.42. The van der Waals surface area contributed by atoms with E-state index in [9.17, 15) is 22.4 Å². The quantitative estimate of drug-likeness (QED) is 0.477. The summed E-state index contributed by atoms with van der Waals surface area (Å²) in [6.07, 6.45) is 1.60. The molecule has 2 rings (SSSR count). The normalized spacial score (nSPS) is 12.6. The average molecular weight is 520 g/mol. The van der Waals surface area contributed by atoms with Crippen molar-refractivity contribution in [1.82, 2.24) is 10.2 Å². The summed E-state index contributed by atoms with van der Waals surface area (Å²) < 4.78 is 40.0. The lowest BCUT2D eigenvalue weighted by molar-refractivity contribution is -0.142. The number of nitrogens with zero attached hydrogens (tertiary/aromatic N) is 2. The van der Waals surface area contributed by atoms with Crippen LogP contribution in [0.15, 0.2) is 48.5 Å². The Bertz CT molecular complexity index is 1160. The second kappa shape index (κ2) is 12.3. The van der Waals surface area contributed by atoms with Crippen molar-refractivity contribution in [3.63, 3.8) is 0 Å². The monoisotopic (exact) mass is 519 g/mol. The van der Waals surface area contributed by atoms with Crippen LogP contribution in [0.5, 0.6) is 0 Å². The van der Waals surface area contributed by atoms with Gasteiger partial charge in [-0.2, -0.15) is 0 Å². The van der Waals surface area contributed by atoms with Gasteiger partial charge in [-0.1, -0.05) is 48.9 Å². The Balaban J connectivity index is 2.25. The number of carbonyl (C=O) groups excluding carboxylic acids is 2. The molecule has 0 bridgehead atoms. The number of hydrogen-bond acceptors (Lipinski definition) is 4. The predicted octanol–water partition coefficient (Wildman–Crippen LogP) is 4.40. The van der Waals surface area contributed by atoms with Crippen molar-refractivity contribution in [1.29, 1.82) is 0 Å². The van der Waals surface area contributed by atoms with Crippen LogP contribution in [0.25, 0.3) is 0 Å². The molecule has 0 spiro atoms. The number of benzene rings is 2. The molecule has 1 atom stereocenters. The van der Waals surface area contributed by atoms with E-state index in [0.29, 0.717) is 6.42 Å². The molecule has 0 aliphatic heterocycles. The predicted molar refractivity (Wildman–Crippen MR) is 142 cm³/mol. The van der Waals surface area contributed by atoms with Gasteiger partial charge in [0.05, 0.1) is 11.9 Å². The molecule has 2 amide bonds. The third kappa shape index (κ3) is 8.62. The molecule has 0 aliphatic carbocycles. The number of carbonyl (C=O) groups is 2. The van der Waals surface area contributed by atoms with Crippen LogP contribution in [0.3, 0.4) is 0 Å². The van der Waals surface area contributed by atoms with Crippen LogP contribution in [0.1, 0.15) is 58.1 Å². The third-order valence-electron chi connectivity index (χ3n) is 5.59. The molecule has 0 aromatic heterocycles. The number of para-hydroxylation sites is 1. The molecular weight excluding hydrogens is 481 g/mol. The van der Waals surface area contributed by atoms with Crippen molar-refractivity contribution in [2.75, 3.05) is 17.1 Å². The Hall–Kier alpha value is -2.94. The molecule has 0 saturated carbocycles. The summed E-state index contributed by atoms with van der Waals surface area (Å²) in [6, 6.07) is 12.7. The molecule has 1 N–H and O–H groups in total. The van der Waals surface area contributed by atoms with Crippen LogP contribution in [0.4, 0.5) is 10.1 Å². The van der Waals surface area contributed by atoms with Crippen LogP contribution in [0, 0.1) is 12.7 Å². The molecule has 36 heavy (non-hydrogen) atoms. The fourth-order valence-electron chi connectivity index (χ4n) is 4.02. The molecule has 198 valence electrons. The minimum Gasteiger partial charge on any atom is -0.350 e. The van der Waals surface area contributed by atoms with Gasteiger partial charge in [-0.3, -0.25) is 13.9 Å². The summed E-state index contributed by atoms with van der Waals surface area (Å²) >= 11 is 0. The Labute approximate surface area is 214 Å². The van der Waals surface area contributed by atoms with E-state index in [1.54, 1.807) is 11.0 Å². The highest BCUT2D eigenvalue weighted by atomic mass is 32.2. The number of rotatable bonds is 11. The van der Waals surface area contributed by atoms with Crippen LogP contribution >= 0.6 is 0 Å². The van der Waals surface area contributed by atoms with E-state index in [1.807, 2.05) is 58.9 Å². The Morgan fingerprint density at radius 2 is 1.75 bits per heavy atom.